The monoisotopic (exact) mass is 612 g/mol. The Labute approximate surface area is 254 Å². The molecule has 0 unspecified atom stereocenters. The standard InChI is InChI=1S/C29H24Cl2N2O3S2.C2H6/c1-16(2)28-22(27(32-36-28)26-23(30)4-3-5-24(26)31)14-35-21-10-8-17(9-11-21)18-6-7-19-12-20(29(34)33-37)15-38-25(19)13-18;1-2/h3-13,16,37H,14-15H2,1-2H3,(H,33,34);1-2H3. The smallest absolute Gasteiger partial charge is 0.257 e. The lowest BCUT2D eigenvalue weighted by Gasteiger charge is -2.16. The Hall–Kier alpha value is -2.84. The summed E-state index contributed by atoms with van der Waals surface area (Å²) in [6.07, 6.45) is 1.91. The highest BCUT2D eigenvalue weighted by atomic mass is 35.5. The fourth-order valence-corrected chi connectivity index (χ4v) is 6.03. The quantitative estimate of drug-likeness (QED) is 0.203. The number of thiol groups is 1. The van der Waals surface area contributed by atoms with Gasteiger partial charge in [-0.3, -0.25) is 9.52 Å². The molecule has 0 atom stereocenters. The molecular formula is C31H30Cl2N2O3S2. The lowest BCUT2D eigenvalue weighted by atomic mass is 10.0. The van der Waals surface area contributed by atoms with Gasteiger partial charge in [-0.25, -0.2) is 0 Å². The van der Waals surface area contributed by atoms with Gasteiger partial charge in [-0.15, -0.1) is 11.8 Å². The first-order valence-electron chi connectivity index (χ1n) is 12.9. The molecule has 0 aliphatic carbocycles. The van der Waals surface area contributed by atoms with Gasteiger partial charge in [0.25, 0.3) is 5.91 Å². The van der Waals surface area contributed by atoms with Crippen molar-refractivity contribution in [2.75, 3.05) is 5.75 Å². The second-order valence-corrected chi connectivity index (χ2v) is 11.1. The molecule has 1 amide bonds. The molecule has 4 aromatic rings. The second kappa shape index (κ2) is 13.7. The van der Waals surface area contributed by atoms with E-state index in [0.717, 1.165) is 38.7 Å². The first-order chi connectivity index (χ1) is 19.4. The van der Waals surface area contributed by atoms with E-state index in [1.54, 1.807) is 30.0 Å². The van der Waals surface area contributed by atoms with E-state index >= 15 is 0 Å². The number of fused-ring (bicyclic) bond motifs is 1. The van der Waals surface area contributed by atoms with Crippen LogP contribution in [0.4, 0.5) is 0 Å². The number of carbonyl (C=O) groups excluding carboxylic acids is 1. The largest absolute Gasteiger partial charge is 0.489 e. The van der Waals surface area contributed by atoms with Crippen molar-refractivity contribution in [3.63, 3.8) is 0 Å². The first-order valence-corrected chi connectivity index (χ1v) is 15.1. The number of carbonyl (C=O) groups is 1. The summed E-state index contributed by atoms with van der Waals surface area (Å²) in [6.45, 7) is 8.34. The minimum atomic E-state index is -0.167. The van der Waals surface area contributed by atoms with Crippen molar-refractivity contribution >= 4 is 59.8 Å². The van der Waals surface area contributed by atoms with E-state index in [9.17, 15) is 4.79 Å². The van der Waals surface area contributed by atoms with E-state index in [0.29, 0.717) is 32.6 Å². The number of amides is 1. The van der Waals surface area contributed by atoms with E-state index in [1.165, 1.54) is 0 Å². The van der Waals surface area contributed by atoms with Gasteiger partial charge in [-0.2, -0.15) is 0 Å². The number of halogens is 2. The SMILES string of the molecule is CC.CC(C)c1onc(-c2c(Cl)cccc2Cl)c1COc1ccc(-c2ccc3c(c2)SCC(C(=O)NS)=C3)cc1. The number of nitrogens with zero attached hydrogens (tertiary/aromatic N) is 1. The molecule has 1 N–H and O–H groups in total. The Balaban J connectivity index is 0.00000181. The summed E-state index contributed by atoms with van der Waals surface area (Å²) in [7, 11) is 0. The molecule has 1 aliphatic heterocycles. The summed E-state index contributed by atoms with van der Waals surface area (Å²) in [5.74, 6) is 2.01. The summed E-state index contributed by atoms with van der Waals surface area (Å²) in [4.78, 5) is 13.0. The summed E-state index contributed by atoms with van der Waals surface area (Å²) < 4.78 is 14.2. The van der Waals surface area contributed by atoms with Crippen molar-refractivity contribution in [2.24, 2.45) is 0 Å². The van der Waals surface area contributed by atoms with Crippen molar-refractivity contribution in [1.82, 2.24) is 9.88 Å². The molecule has 1 aromatic heterocycles. The van der Waals surface area contributed by atoms with Crippen LogP contribution in [0.15, 0.2) is 75.7 Å². The zero-order valence-electron chi connectivity index (χ0n) is 22.6. The van der Waals surface area contributed by atoms with Crippen LogP contribution in [0.3, 0.4) is 0 Å². The summed E-state index contributed by atoms with van der Waals surface area (Å²) in [6, 6.07) is 19.5. The van der Waals surface area contributed by atoms with Crippen LogP contribution >= 0.6 is 47.8 Å². The third kappa shape index (κ3) is 6.55. The van der Waals surface area contributed by atoms with Crippen molar-refractivity contribution in [2.45, 2.75) is 45.1 Å². The number of hydrogen-bond acceptors (Lipinski definition) is 6. The Bertz CT molecular complexity index is 1510. The Morgan fingerprint density at radius 2 is 1.75 bits per heavy atom. The maximum absolute atomic E-state index is 11.9. The number of nitrogens with one attached hydrogen (secondary N) is 1. The van der Waals surface area contributed by atoms with Crippen molar-refractivity contribution in [3.8, 4) is 28.1 Å². The fourth-order valence-electron chi connectivity index (χ4n) is 4.28. The number of hydrogen-bond donors (Lipinski definition) is 2. The summed E-state index contributed by atoms with van der Waals surface area (Å²) in [5.41, 5.74) is 5.96. The Morgan fingerprint density at radius 3 is 2.40 bits per heavy atom. The molecule has 0 spiro atoms. The minimum Gasteiger partial charge on any atom is -0.489 e. The average Bonchev–Trinajstić information content (AvgIpc) is 3.40. The number of benzene rings is 3. The van der Waals surface area contributed by atoms with E-state index in [1.807, 2.05) is 64.1 Å². The predicted molar refractivity (Wildman–Crippen MR) is 169 cm³/mol. The van der Waals surface area contributed by atoms with Crippen LogP contribution in [-0.4, -0.2) is 16.8 Å². The molecule has 0 radical (unpaired) electrons. The molecule has 0 saturated carbocycles. The molecule has 9 heteroatoms. The van der Waals surface area contributed by atoms with Gasteiger partial charge in [0, 0.05) is 27.7 Å². The fraction of sp³-hybridized carbons (Fsp3) is 0.226. The molecule has 3 aromatic carbocycles. The predicted octanol–water partition coefficient (Wildman–Crippen LogP) is 9.49. The normalized spacial score (nSPS) is 12.2. The molecule has 5 rings (SSSR count). The molecule has 2 heterocycles. The highest BCUT2D eigenvalue weighted by molar-refractivity contribution is 7.99. The third-order valence-electron chi connectivity index (χ3n) is 6.23. The molecule has 5 nitrogen and oxygen atoms in total. The lowest BCUT2D eigenvalue weighted by Crippen LogP contribution is -2.17. The molecule has 1 aliphatic rings. The van der Waals surface area contributed by atoms with Gasteiger partial charge in [0.15, 0.2) is 0 Å². The topological polar surface area (TPSA) is 64.4 Å². The van der Waals surface area contributed by atoms with Crippen molar-refractivity contribution in [3.05, 3.63) is 93.2 Å². The second-order valence-electron chi connectivity index (χ2n) is 9.09. The number of rotatable bonds is 7. The Kier molecular flexibility index (Phi) is 10.3. The minimum absolute atomic E-state index is 0.110. The van der Waals surface area contributed by atoms with Gasteiger partial charge in [0.05, 0.1) is 15.6 Å². The first kappa shape index (κ1) is 30.1. The summed E-state index contributed by atoms with van der Waals surface area (Å²) >= 11 is 18.4. The zero-order valence-corrected chi connectivity index (χ0v) is 25.8. The number of aromatic nitrogens is 1. The van der Waals surface area contributed by atoms with Gasteiger partial charge in [-0.1, -0.05) is 99.2 Å². The van der Waals surface area contributed by atoms with Gasteiger partial charge in [-0.05, 0) is 53.1 Å². The van der Waals surface area contributed by atoms with Gasteiger partial charge >= 0.3 is 0 Å². The van der Waals surface area contributed by atoms with E-state index in [4.69, 9.17) is 32.5 Å². The summed E-state index contributed by atoms with van der Waals surface area (Å²) in [5, 5.41) is 5.31. The zero-order chi connectivity index (χ0) is 28.8. The van der Waals surface area contributed by atoms with Gasteiger partial charge in [0.1, 0.15) is 23.8 Å². The average molecular weight is 614 g/mol. The molecule has 0 saturated heterocycles. The van der Waals surface area contributed by atoms with Crippen LogP contribution in [0.5, 0.6) is 5.75 Å². The highest BCUT2D eigenvalue weighted by Gasteiger charge is 2.24. The highest BCUT2D eigenvalue weighted by Crippen LogP contribution is 2.39. The van der Waals surface area contributed by atoms with Crippen molar-refractivity contribution in [1.29, 1.82) is 0 Å². The van der Waals surface area contributed by atoms with E-state index in [2.05, 4.69) is 34.8 Å². The maximum atomic E-state index is 11.9. The lowest BCUT2D eigenvalue weighted by molar-refractivity contribution is -0.115. The van der Waals surface area contributed by atoms with E-state index < -0.39 is 0 Å². The van der Waals surface area contributed by atoms with Crippen LogP contribution in [-0.2, 0) is 11.4 Å². The van der Waals surface area contributed by atoms with Crippen LogP contribution in [0.25, 0.3) is 28.5 Å². The van der Waals surface area contributed by atoms with E-state index in [-0.39, 0.29) is 18.4 Å². The molecule has 0 bridgehead atoms. The van der Waals surface area contributed by atoms with Crippen LogP contribution < -0.4 is 9.46 Å². The number of thioether (sulfide) groups is 1. The molecule has 208 valence electrons. The molecule has 40 heavy (non-hydrogen) atoms. The Morgan fingerprint density at radius 1 is 1.07 bits per heavy atom. The van der Waals surface area contributed by atoms with Gasteiger partial charge in [0.2, 0.25) is 0 Å². The van der Waals surface area contributed by atoms with Crippen molar-refractivity contribution < 1.29 is 14.1 Å². The third-order valence-corrected chi connectivity index (χ3v) is 8.19. The molecular weight excluding hydrogens is 583 g/mol. The maximum Gasteiger partial charge on any atom is 0.257 e. The number of ether oxygens (including phenoxy) is 1. The van der Waals surface area contributed by atoms with Crippen LogP contribution in [0.2, 0.25) is 10.0 Å². The van der Waals surface area contributed by atoms with Crippen LogP contribution in [0, 0.1) is 0 Å². The van der Waals surface area contributed by atoms with Gasteiger partial charge < -0.3 is 9.26 Å². The van der Waals surface area contributed by atoms with Crippen LogP contribution in [0.1, 0.15) is 50.5 Å². The molecule has 0 fully saturated rings.